The Morgan fingerprint density at radius 3 is 3.00 bits per heavy atom. The van der Waals surface area contributed by atoms with Gasteiger partial charge >= 0.3 is 6.03 Å². The quantitative estimate of drug-likeness (QED) is 0.719. The highest BCUT2D eigenvalue weighted by atomic mass is 16.5. The van der Waals surface area contributed by atoms with Crippen molar-refractivity contribution in [3.8, 4) is 0 Å². The lowest BCUT2D eigenvalue weighted by Gasteiger charge is -2.21. The molecule has 17 heavy (non-hydrogen) atoms. The van der Waals surface area contributed by atoms with Crippen LogP contribution in [0.5, 0.6) is 0 Å². The summed E-state index contributed by atoms with van der Waals surface area (Å²) in [4.78, 5) is 13.2. The van der Waals surface area contributed by atoms with Gasteiger partial charge in [0.2, 0.25) is 0 Å². The zero-order valence-electron chi connectivity index (χ0n) is 10.2. The van der Waals surface area contributed by atoms with E-state index >= 15 is 0 Å². The summed E-state index contributed by atoms with van der Waals surface area (Å²) in [7, 11) is 0. The molecule has 0 aromatic rings. The highest BCUT2D eigenvalue weighted by molar-refractivity contribution is 5.76. The molecule has 0 aromatic heterocycles. The molecule has 3 aliphatic rings. The monoisotopic (exact) mass is 239 g/mol. The summed E-state index contributed by atoms with van der Waals surface area (Å²) in [6, 6.07) is 0.585. The fraction of sp³-hybridized carbons (Fsp3) is 0.917. The molecule has 0 radical (unpaired) electrons. The molecule has 2 amide bonds. The van der Waals surface area contributed by atoms with E-state index in [1.165, 1.54) is 12.8 Å². The third-order valence-corrected chi connectivity index (χ3v) is 3.96. The van der Waals surface area contributed by atoms with Crippen LogP contribution < -0.4 is 10.6 Å². The van der Waals surface area contributed by atoms with Crippen LogP contribution in [-0.2, 0) is 4.74 Å². The Hall–Kier alpha value is -0.810. The molecule has 0 aromatic carbocycles. The number of hydrogen-bond acceptors (Lipinski definition) is 3. The summed E-state index contributed by atoms with van der Waals surface area (Å²) in [5.74, 6) is 0.796. The maximum absolute atomic E-state index is 11.3. The van der Waals surface area contributed by atoms with Crippen molar-refractivity contribution in [2.45, 2.75) is 31.4 Å². The first-order valence-corrected chi connectivity index (χ1v) is 6.72. The molecular formula is C12H21N3O2. The molecule has 2 atom stereocenters. The van der Waals surface area contributed by atoms with Crippen LogP contribution in [0.3, 0.4) is 0 Å². The third-order valence-electron chi connectivity index (χ3n) is 3.96. The summed E-state index contributed by atoms with van der Waals surface area (Å²) in [6.07, 6.45) is 4.21. The highest BCUT2D eigenvalue weighted by Crippen LogP contribution is 2.38. The minimum absolute atomic E-state index is 0.0771. The summed E-state index contributed by atoms with van der Waals surface area (Å²) in [5, 5.41) is 6.37. The van der Waals surface area contributed by atoms with E-state index in [2.05, 4.69) is 10.6 Å². The van der Waals surface area contributed by atoms with E-state index in [0.717, 1.165) is 45.1 Å². The first-order valence-electron chi connectivity index (χ1n) is 6.72. The molecule has 2 N–H and O–H groups in total. The van der Waals surface area contributed by atoms with E-state index in [-0.39, 0.29) is 6.03 Å². The summed E-state index contributed by atoms with van der Waals surface area (Å²) < 4.78 is 5.78. The van der Waals surface area contributed by atoms with Crippen molar-refractivity contribution >= 4 is 6.03 Å². The van der Waals surface area contributed by atoms with E-state index in [9.17, 15) is 4.79 Å². The molecule has 2 saturated heterocycles. The molecule has 3 rings (SSSR count). The van der Waals surface area contributed by atoms with Gasteiger partial charge in [0.15, 0.2) is 0 Å². The zero-order chi connectivity index (χ0) is 11.7. The van der Waals surface area contributed by atoms with Gasteiger partial charge in [-0.2, -0.15) is 0 Å². The summed E-state index contributed by atoms with van der Waals surface area (Å²) >= 11 is 0. The minimum atomic E-state index is 0.0771. The second-order valence-electron chi connectivity index (χ2n) is 5.24. The van der Waals surface area contributed by atoms with Crippen molar-refractivity contribution < 1.29 is 9.53 Å². The van der Waals surface area contributed by atoms with Crippen LogP contribution in [0, 0.1) is 5.92 Å². The second kappa shape index (κ2) is 4.82. The van der Waals surface area contributed by atoms with Crippen LogP contribution >= 0.6 is 0 Å². The van der Waals surface area contributed by atoms with Crippen LogP contribution in [0.2, 0.25) is 0 Å². The van der Waals surface area contributed by atoms with Crippen LogP contribution in [0.4, 0.5) is 4.79 Å². The lowest BCUT2D eigenvalue weighted by molar-refractivity contribution is 0.0809. The van der Waals surface area contributed by atoms with E-state index in [1.54, 1.807) is 0 Å². The Kier molecular flexibility index (Phi) is 3.20. The van der Waals surface area contributed by atoms with Crippen molar-refractivity contribution in [1.29, 1.82) is 0 Å². The van der Waals surface area contributed by atoms with E-state index in [4.69, 9.17) is 4.74 Å². The largest absolute Gasteiger partial charge is 0.376 e. The molecule has 2 aliphatic heterocycles. The van der Waals surface area contributed by atoms with Gasteiger partial charge in [-0.1, -0.05) is 0 Å². The number of rotatable bonds is 5. The maximum Gasteiger partial charge on any atom is 0.317 e. The number of ether oxygens (including phenoxy) is 1. The summed E-state index contributed by atoms with van der Waals surface area (Å²) in [6.45, 7) is 4.21. The SMILES string of the molecule is O=C1NCCN1CCNC1CCOC1C1CC1. The molecular weight excluding hydrogens is 218 g/mol. The molecule has 1 aliphatic carbocycles. The number of carbonyl (C=O) groups is 1. The molecule has 2 unspecified atom stereocenters. The van der Waals surface area contributed by atoms with Gasteiger partial charge < -0.3 is 20.3 Å². The molecule has 3 fully saturated rings. The average Bonchev–Trinajstić information content (AvgIpc) is 2.93. The maximum atomic E-state index is 11.3. The van der Waals surface area contributed by atoms with Crippen molar-refractivity contribution in [3.05, 3.63) is 0 Å². The topological polar surface area (TPSA) is 53.6 Å². The van der Waals surface area contributed by atoms with Gasteiger partial charge in [-0.25, -0.2) is 4.79 Å². The Morgan fingerprint density at radius 2 is 2.29 bits per heavy atom. The van der Waals surface area contributed by atoms with Crippen molar-refractivity contribution in [2.75, 3.05) is 32.8 Å². The first-order chi connectivity index (χ1) is 8.34. The Bertz CT molecular complexity index is 293. The number of amides is 2. The van der Waals surface area contributed by atoms with Crippen LogP contribution in [0.25, 0.3) is 0 Å². The van der Waals surface area contributed by atoms with Gasteiger partial charge in [0.1, 0.15) is 0 Å². The fourth-order valence-electron chi connectivity index (χ4n) is 2.83. The van der Waals surface area contributed by atoms with E-state index < -0.39 is 0 Å². The second-order valence-corrected chi connectivity index (χ2v) is 5.24. The molecule has 0 bridgehead atoms. The van der Waals surface area contributed by atoms with Crippen LogP contribution in [0.1, 0.15) is 19.3 Å². The van der Waals surface area contributed by atoms with Crippen molar-refractivity contribution in [2.24, 2.45) is 5.92 Å². The van der Waals surface area contributed by atoms with Gasteiger partial charge in [-0.05, 0) is 25.2 Å². The predicted octanol–water partition coefficient (Wildman–Crippen LogP) is 0.169. The predicted molar refractivity (Wildman–Crippen MR) is 63.8 cm³/mol. The van der Waals surface area contributed by atoms with Gasteiger partial charge in [0.25, 0.3) is 0 Å². The minimum Gasteiger partial charge on any atom is -0.376 e. The van der Waals surface area contributed by atoms with E-state index in [1.807, 2.05) is 4.90 Å². The smallest absolute Gasteiger partial charge is 0.317 e. The zero-order valence-corrected chi connectivity index (χ0v) is 10.2. The number of nitrogens with zero attached hydrogens (tertiary/aromatic N) is 1. The van der Waals surface area contributed by atoms with Crippen molar-refractivity contribution in [1.82, 2.24) is 15.5 Å². The van der Waals surface area contributed by atoms with Crippen LogP contribution in [-0.4, -0.2) is 55.9 Å². The van der Waals surface area contributed by atoms with Gasteiger partial charge in [0, 0.05) is 38.8 Å². The molecule has 0 spiro atoms. The first kappa shape index (κ1) is 11.3. The van der Waals surface area contributed by atoms with Gasteiger partial charge in [-0.3, -0.25) is 0 Å². The molecule has 5 heteroatoms. The molecule has 2 heterocycles. The summed E-state index contributed by atoms with van der Waals surface area (Å²) in [5.41, 5.74) is 0. The molecule has 1 saturated carbocycles. The van der Waals surface area contributed by atoms with E-state index in [0.29, 0.717) is 12.1 Å². The lowest BCUT2D eigenvalue weighted by Crippen LogP contribution is -2.42. The average molecular weight is 239 g/mol. The number of urea groups is 1. The van der Waals surface area contributed by atoms with Crippen LogP contribution in [0.15, 0.2) is 0 Å². The number of hydrogen-bond donors (Lipinski definition) is 2. The lowest BCUT2D eigenvalue weighted by atomic mass is 10.1. The standard InChI is InChI=1S/C12H21N3O2/c16-12-14-5-7-15(12)6-4-13-10-3-8-17-11(10)9-1-2-9/h9-11,13H,1-8H2,(H,14,16). The fourth-order valence-corrected chi connectivity index (χ4v) is 2.83. The Morgan fingerprint density at radius 1 is 1.41 bits per heavy atom. The van der Waals surface area contributed by atoms with Gasteiger partial charge in [-0.15, -0.1) is 0 Å². The van der Waals surface area contributed by atoms with Gasteiger partial charge in [0.05, 0.1) is 6.10 Å². The number of nitrogens with one attached hydrogen (secondary N) is 2. The third kappa shape index (κ3) is 2.55. The molecule has 5 nitrogen and oxygen atoms in total. The Balaban J connectivity index is 1.40. The number of carbonyl (C=O) groups excluding carboxylic acids is 1. The molecule has 96 valence electrons. The normalized spacial score (nSPS) is 33.2. The highest BCUT2D eigenvalue weighted by Gasteiger charge is 2.40. The van der Waals surface area contributed by atoms with Crippen molar-refractivity contribution in [3.63, 3.8) is 0 Å². The Labute approximate surface area is 102 Å².